The molecule has 110 valence electrons. The molecule has 1 N–H and O–H groups in total. The van der Waals surface area contributed by atoms with Crippen LogP contribution in [-0.4, -0.2) is 12.0 Å². The third-order valence-electron chi connectivity index (χ3n) is 3.30. The molecule has 1 amide bonds. The summed E-state index contributed by atoms with van der Waals surface area (Å²) in [6.07, 6.45) is 0.443. The minimum Gasteiger partial charge on any atom is -0.481 e. The lowest BCUT2D eigenvalue weighted by molar-refractivity contribution is -0.122. The highest BCUT2D eigenvalue weighted by Crippen LogP contribution is 2.15. The zero-order valence-electron chi connectivity index (χ0n) is 12.7. The van der Waals surface area contributed by atoms with E-state index in [2.05, 4.69) is 12.2 Å². The van der Waals surface area contributed by atoms with Crippen LogP contribution in [0, 0.1) is 6.92 Å². The molecule has 0 unspecified atom stereocenters. The van der Waals surface area contributed by atoms with Gasteiger partial charge in [0.25, 0.3) is 5.91 Å². The van der Waals surface area contributed by atoms with E-state index in [0.717, 1.165) is 17.7 Å². The van der Waals surface area contributed by atoms with Crippen LogP contribution in [0.2, 0.25) is 0 Å². The highest BCUT2D eigenvalue weighted by atomic mass is 16.5. The first-order valence-corrected chi connectivity index (χ1v) is 7.21. The number of benzene rings is 2. The van der Waals surface area contributed by atoms with Gasteiger partial charge in [-0.25, -0.2) is 0 Å². The number of amides is 1. The lowest BCUT2D eigenvalue weighted by atomic mass is 10.1. The molecule has 3 nitrogen and oxygen atoms in total. The monoisotopic (exact) mass is 283 g/mol. The number of nitrogens with one attached hydrogen (secondary N) is 1. The van der Waals surface area contributed by atoms with Crippen LogP contribution >= 0.6 is 0 Å². The fourth-order valence-electron chi connectivity index (χ4n) is 2.01. The summed E-state index contributed by atoms with van der Waals surface area (Å²) in [6, 6.07) is 15.5. The van der Waals surface area contributed by atoms with Crippen LogP contribution in [0.3, 0.4) is 0 Å². The van der Waals surface area contributed by atoms with Crippen molar-refractivity contribution in [1.82, 2.24) is 0 Å². The van der Waals surface area contributed by atoms with Crippen LogP contribution in [0.15, 0.2) is 48.5 Å². The van der Waals surface area contributed by atoms with E-state index in [-0.39, 0.29) is 5.91 Å². The zero-order valence-corrected chi connectivity index (χ0v) is 12.7. The smallest absolute Gasteiger partial charge is 0.265 e. The van der Waals surface area contributed by atoms with Gasteiger partial charge in [0.15, 0.2) is 6.10 Å². The van der Waals surface area contributed by atoms with Gasteiger partial charge in [-0.05, 0) is 55.7 Å². The van der Waals surface area contributed by atoms with Crippen molar-refractivity contribution >= 4 is 11.6 Å². The van der Waals surface area contributed by atoms with Crippen LogP contribution in [0.1, 0.15) is 25.0 Å². The van der Waals surface area contributed by atoms with E-state index in [1.807, 2.05) is 55.5 Å². The van der Waals surface area contributed by atoms with E-state index in [1.165, 1.54) is 5.56 Å². The molecule has 3 heteroatoms. The Morgan fingerprint density at radius 3 is 2.52 bits per heavy atom. The molecule has 1 atom stereocenters. The summed E-state index contributed by atoms with van der Waals surface area (Å²) in [5, 5.41) is 2.86. The third kappa shape index (κ3) is 4.35. The first-order valence-electron chi connectivity index (χ1n) is 7.21. The Hall–Kier alpha value is -2.29. The Morgan fingerprint density at radius 1 is 1.19 bits per heavy atom. The normalized spacial score (nSPS) is 11.8. The Labute approximate surface area is 126 Å². The fourth-order valence-corrected chi connectivity index (χ4v) is 2.01. The van der Waals surface area contributed by atoms with Gasteiger partial charge in [0.2, 0.25) is 0 Å². The summed E-state index contributed by atoms with van der Waals surface area (Å²) in [5.41, 5.74) is 3.14. The molecule has 21 heavy (non-hydrogen) atoms. The number of hydrogen-bond donors (Lipinski definition) is 1. The summed E-state index contributed by atoms with van der Waals surface area (Å²) in [7, 11) is 0. The minimum atomic E-state index is -0.544. The second-order valence-electron chi connectivity index (χ2n) is 5.12. The average molecular weight is 283 g/mol. The van der Waals surface area contributed by atoms with Crippen LogP contribution in [0.4, 0.5) is 5.69 Å². The number of ether oxygens (including phenoxy) is 1. The maximum atomic E-state index is 12.1. The SMILES string of the molecule is CCc1ccc(NC(=O)[C@H](C)Oc2cccc(C)c2)cc1. The molecular formula is C18H21NO2. The Bertz CT molecular complexity index is 605. The molecule has 0 saturated carbocycles. The lowest BCUT2D eigenvalue weighted by Gasteiger charge is -2.15. The van der Waals surface area contributed by atoms with Gasteiger partial charge in [-0.1, -0.05) is 31.2 Å². The lowest BCUT2D eigenvalue weighted by Crippen LogP contribution is -2.30. The van der Waals surface area contributed by atoms with Gasteiger partial charge < -0.3 is 10.1 Å². The van der Waals surface area contributed by atoms with Gasteiger partial charge in [0.05, 0.1) is 0 Å². The van der Waals surface area contributed by atoms with Crippen molar-refractivity contribution in [1.29, 1.82) is 0 Å². The van der Waals surface area contributed by atoms with Crippen molar-refractivity contribution in [3.8, 4) is 5.75 Å². The van der Waals surface area contributed by atoms with Crippen LogP contribution in [-0.2, 0) is 11.2 Å². The summed E-state index contributed by atoms with van der Waals surface area (Å²) >= 11 is 0. The first-order chi connectivity index (χ1) is 10.1. The molecule has 0 bridgehead atoms. The standard InChI is InChI=1S/C18H21NO2/c1-4-15-8-10-16(11-9-15)19-18(20)14(3)21-17-7-5-6-13(2)12-17/h5-12,14H,4H2,1-3H3,(H,19,20)/t14-/m0/s1. The van der Waals surface area contributed by atoms with Crippen LogP contribution in [0.5, 0.6) is 5.75 Å². The second kappa shape index (κ2) is 6.93. The van der Waals surface area contributed by atoms with Gasteiger partial charge in [-0.3, -0.25) is 4.79 Å². The van der Waals surface area contributed by atoms with Crippen molar-refractivity contribution in [3.05, 3.63) is 59.7 Å². The summed E-state index contributed by atoms with van der Waals surface area (Å²) in [4.78, 5) is 12.1. The number of anilines is 1. The van der Waals surface area contributed by atoms with Crippen molar-refractivity contribution < 1.29 is 9.53 Å². The van der Waals surface area contributed by atoms with Gasteiger partial charge in [-0.2, -0.15) is 0 Å². The largest absolute Gasteiger partial charge is 0.481 e. The first kappa shape index (κ1) is 15.1. The molecule has 0 saturated heterocycles. The predicted octanol–water partition coefficient (Wildman–Crippen LogP) is 3.96. The molecule has 0 aliphatic rings. The van der Waals surface area contributed by atoms with E-state index >= 15 is 0 Å². The van der Waals surface area contributed by atoms with Crippen LogP contribution < -0.4 is 10.1 Å². The molecule has 0 aliphatic carbocycles. The average Bonchev–Trinajstić information content (AvgIpc) is 2.48. The maximum absolute atomic E-state index is 12.1. The maximum Gasteiger partial charge on any atom is 0.265 e. The fraction of sp³-hybridized carbons (Fsp3) is 0.278. The van der Waals surface area contributed by atoms with E-state index in [0.29, 0.717) is 5.75 Å². The van der Waals surface area contributed by atoms with Gasteiger partial charge in [0.1, 0.15) is 5.75 Å². The number of aryl methyl sites for hydroxylation is 2. The Morgan fingerprint density at radius 2 is 1.90 bits per heavy atom. The number of carbonyl (C=O) groups is 1. The van der Waals surface area contributed by atoms with Gasteiger partial charge in [-0.15, -0.1) is 0 Å². The number of carbonyl (C=O) groups excluding carboxylic acids is 1. The van der Waals surface area contributed by atoms with E-state index in [1.54, 1.807) is 6.92 Å². The summed E-state index contributed by atoms with van der Waals surface area (Å²) in [6.45, 7) is 5.84. The van der Waals surface area contributed by atoms with E-state index < -0.39 is 6.10 Å². The second-order valence-corrected chi connectivity index (χ2v) is 5.12. The molecule has 0 fully saturated rings. The number of hydrogen-bond acceptors (Lipinski definition) is 2. The highest BCUT2D eigenvalue weighted by molar-refractivity contribution is 5.94. The molecule has 0 aliphatic heterocycles. The molecule has 0 spiro atoms. The topological polar surface area (TPSA) is 38.3 Å². The third-order valence-corrected chi connectivity index (χ3v) is 3.30. The van der Waals surface area contributed by atoms with Gasteiger partial charge in [0, 0.05) is 5.69 Å². The van der Waals surface area contributed by atoms with Crippen molar-refractivity contribution in [2.75, 3.05) is 5.32 Å². The molecular weight excluding hydrogens is 262 g/mol. The van der Waals surface area contributed by atoms with E-state index in [9.17, 15) is 4.79 Å². The number of rotatable bonds is 5. The minimum absolute atomic E-state index is 0.152. The molecule has 2 aromatic rings. The van der Waals surface area contributed by atoms with Gasteiger partial charge >= 0.3 is 0 Å². The van der Waals surface area contributed by atoms with E-state index in [4.69, 9.17) is 4.74 Å². The summed E-state index contributed by atoms with van der Waals surface area (Å²) < 4.78 is 5.66. The van der Waals surface area contributed by atoms with Crippen LogP contribution in [0.25, 0.3) is 0 Å². The molecule has 2 aromatic carbocycles. The Balaban J connectivity index is 1.95. The predicted molar refractivity (Wildman–Crippen MR) is 85.7 cm³/mol. The molecule has 0 radical (unpaired) electrons. The highest BCUT2D eigenvalue weighted by Gasteiger charge is 2.14. The van der Waals surface area contributed by atoms with Crippen molar-refractivity contribution in [3.63, 3.8) is 0 Å². The van der Waals surface area contributed by atoms with Crippen molar-refractivity contribution in [2.24, 2.45) is 0 Å². The zero-order chi connectivity index (χ0) is 15.2. The Kier molecular flexibility index (Phi) is 4.99. The molecule has 0 heterocycles. The quantitative estimate of drug-likeness (QED) is 0.902. The summed E-state index contributed by atoms with van der Waals surface area (Å²) in [5.74, 6) is 0.555. The molecule has 0 aromatic heterocycles. The molecule has 2 rings (SSSR count). The van der Waals surface area contributed by atoms with Crippen molar-refractivity contribution in [2.45, 2.75) is 33.3 Å².